The molecule has 0 aromatic heterocycles. The highest BCUT2D eigenvalue weighted by Crippen LogP contribution is 2.36. The first-order valence-corrected chi connectivity index (χ1v) is 8.38. The van der Waals surface area contributed by atoms with Crippen LogP contribution in [-0.2, 0) is 10.0 Å². The molecule has 0 heterocycles. The fourth-order valence-corrected chi connectivity index (χ4v) is 4.00. The average Bonchev–Trinajstić information content (AvgIpc) is 3.14. The van der Waals surface area contributed by atoms with Crippen LogP contribution >= 0.6 is 27.5 Å². The van der Waals surface area contributed by atoms with Gasteiger partial charge in [-0.3, -0.25) is 0 Å². The van der Waals surface area contributed by atoms with Crippen LogP contribution < -0.4 is 0 Å². The molecule has 1 fully saturated rings. The van der Waals surface area contributed by atoms with Crippen LogP contribution in [0.3, 0.4) is 0 Å². The minimum atomic E-state index is -3.44. The zero-order valence-electron chi connectivity index (χ0n) is 10.2. The summed E-state index contributed by atoms with van der Waals surface area (Å²) in [4.78, 5) is 0.272. The summed E-state index contributed by atoms with van der Waals surface area (Å²) in [6.45, 7) is 1.96. The Morgan fingerprint density at radius 2 is 2.06 bits per heavy atom. The van der Waals surface area contributed by atoms with Crippen molar-refractivity contribution in [1.29, 1.82) is 0 Å². The summed E-state index contributed by atoms with van der Waals surface area (Å²) in [7, 11) is -1.80. The van der Waals surface area contributed by atoms with Crippen molar-refractivity contribution in [3.63, 3.8) is 0 Å². The molecule has 0 aliphatic heterocycles. The molecule has 1 aromatic rings. The Morgan fingerprint density at radius 1 is 1.44 bits per heavy atom. The summed E-state index contributed by atoms with van der Waals surface area (Å²) in [5.74, 6) is 0.500. The Bertz CT molecular complexity index is 557. The van der Waals surface area contributed by atoms with Gasteiger partial charge < -0.3 is 0 Å². The molecular weight excluding hydrogens is 338 g/mol. The number of hydrogen-bond acceptors (Lipinski definition) is 2. The van der Waals surface area contributed by atoms with E-state index in [2.05, 4.69) is 15.9 Å². The van der Waals surface area contributed by atoms with Crippen molar-refractivity contribution >= 4 is 37.6 Å². The summed E-state index contributed by atoms with van der Waals surface area (Å²) in [6.07, 6.45) is 2.23. The zero-order valence-corrected chi connectivity index (χ0v) is 13.4. The molecule has 18 heavy (non-hydrogen) atoms. The quantitative estimate of drug-likeness (QED) is 0.831. The molecule has 0 spiro atoms. The largest absolute Gasteiger partial charge is 0.243 e. The molecule has 1 saturated carbocycles. The van der Waals surface area contributed by atoms with E-state index in [4.69, 9.17) is 11.6 Å². The van der Waals surface area contributed by atoms with E-state index in [1.165, 1.54) is 4.31 Å². The van der Waals surface area contributed by atoms with Gasteiger partial charge in [0.05, 0.1) is 9.92 Å². The second kappa shape index (κ2) is 5.12. The average molecular weight is 353 g/mol. The third-order valence-electron chi connectivity index (χ3n) is 3.45. The van der Waals surface area contributed by atoms with Crippen LogP contribution in [0.4, 0.5) is 0 Å². The molecular formula is C12H15BrClNO2S. The summed E-state index contributed by atoms with van der Waals surface area (Å²) in [5.41, 5.74) is 0. The molecule has 0 amide bonds. The highest BCUT2D eigenvalue weighted by Gasteiger charge is 2.36. The van der Waals surface area contributed by atoms with Gasteiger partial charge in [-0.25, -0.2) is 8.42 Å². The molecule has 0 radical (unpaired) electrons. The summed E-state index contributed by atoms with van der Waals surface area (Å²) >= 11 is 9.13. The van der Waals surface area contributed by atoms with Gasteiger partial charge in [-0.15, -0.1) is 0 Å². The van der Waals surface area contributed by atoms with Crippen LogP contribution in [0.1, 0.15) is 19.8 Å². The lowest BCUT2D eigenvalue weighted by atomic mass is 10.2. The Labute approximate surface area is 121 Å². The van der Waals surface area contributed by atoms with Gasteiger partial charge in [0, 0.05) is 17.6 Å². The van der Waals surface area contributed by atoms with Gasteiger partial charge >= 0.3 is 0 Å². The molecule has 0 bridgehead atoms. The highest BCUT2D eigenvalue weighted by molar-refractivity contribution is 9.10. The van der Waals surface area contributed by atoms with E-state index in [0.717, 1.165) is 12.8 Å². The van der Waals surface area contributed by atoms with Gasteiger partial charge in [-0.05, 0) is 59.8 Å². The molecule has 100 valence electrons. The topological polar surface area (TPSA) is 37.4 Å². The minimum Gasteiger partial charge on any atom is -0.207 e. The Kier molecular flexibility index (Phi) is 4.07. The lowest BCUT2D eigenvalue weighted by Crippen LogP contribution is -2.36. The van der Waals surface area contributed by atoms with Gasteiger partial charge in [-0.2, -0.15) is 4.31 Å². The van der Waals surface area contributed by atoms with Crippen LogP contribution in [0.25, 0.3) is 0 Å². The van der Waals surface area contributed by atoms with Gasteiger partial charge in [0.2, 0.25) is 10.0 Å². The number of nitrogens with zero attached hydrogens (tertiary/aromatic N) is 1. The Morgan fingerprint density at radius 3 is 2.56 bits per heavy atom. The van der Waals surface area contributed by atoms with E-state index >= 15 is 0 Å². The van der Waals surface area contributed by atoms with E-state index < -0.39 is 10.0 Å². The van der Waals surface area contributed by atoms with E-state index in [-0.39, 0.29) is 10.9 Å². The standard InChI is InChI=1S/C12H15BrClNO2S/c1-8(9-3-4-9)15(2)18(16,17)10-5-6-12(14)11(13)7-10/h5-9H,3-4H2,1-2H3. The maximum atomic E-state index is 12.4. The van der Waals surface area contributed by atoms with E-state index in [1.807, 2.05) is 6.92 Å². The maximum absolute atomic E-state index is 12.4. The molecule has 6 heteroatoms. The van der Waals surface area contributed by atoms with Crippen molar-refractivity contribution < 1.29 is 8.42 Å². The monoisotopic (exact) mass is 351 g/mol. The minimum absolute atomic E-state index is 0.0458. The number of halogens is 2. The van der Waals surface area contributed by atoms with Crippen LogP contribution in [-0.4, -0.2) is 25.8 Å². The fraction of sp³-hybridized carbons (Fsp3) is 0.500. The summed E-state index contributed by atoms with van der Waals surface area (Å²) in [6, 6.07) is 4.73. The maximum Gasteiger partial charge on any atom is 0.243 e. The Balaban J connectivity index is 2.31. The van der Waals surface area contributed by atoms with Crippen LogP contribution in [0.15, 0.2) is 27.6 Å². The van der Waals surface area contributed by atoms with Crippen LogP contribution in [0.2, 0.25) is 5.02 Å². The molecule has 1 unspecified atom stereocenters. The summed E-state index contributed by atoms with van der Waals surface area (Å²) in [5, 5.41) is 0.506. The molecule has 1 aliphatic rings. The molecule has 1 atom stereocenters. The highest BCUT2D eigenvalue weighted by atomic mass is 79.9. The number of rotatable bonds is 4. The van der Waals surface area contributed by atoms with Gasteiger partial charge in [0.1, 0.15) is 0 Å². The third-order valence-corrected chi connectivity index (χ3v) is 6.60. The second-order valence-corrected chi connectivity index (χ2v) is 7.93. The van der Waals surface area contributed by atoms with Crippen molar-refractivity contribution in [1.82, 2.24) is 4.31 Å². The van der Waals surface area contributed by atoms with Crippen molar-refractivity contribution in [2.75, 3.05) is 7.05 Å². The normalized spacial score (nSPS) is 18.1. The SMILES string of the molecule is CC(C1CC1)N(C)S(=O)(=O)c1ccc(Cl)c(Br)c1. The summed E-state index contributed by atoms with van der Waals surface area (Å²) < 4.78 is 26.9. The van der Waals surface area contributed by atoms with Crippen molar-refractivity contribution in [2.45, 2.75) is 30.7 Å². The first-order valence-electron chi connectivity index (χ1n) is 5.77. The first kappa shape index (κ1) is 14.3. The van der Waals surface area contributed by atoms with E-state index in [9.17, 15) is 8.42 Å². The zero-order chi connectivity index (χ0) is 13.5. The van der Waals surface area contributed by atoms with Gasteiger partial charge in [-0.1, -0.05) is 11.6 Å². The predicted octanol–water partition coefficient (Wildman–Crippen LogP) is 3.52. The van der Waals surface area contributed by atoms with Crippen molar-refractivity contribution in [3.8, 4) is 0 Å². The molecule has 1 aliphatic carbocycles. The molecule has 2 rings (SSSR count). The second-order valence-electron chi connectivity index (χ2n) is 4.68. The molecule has 0 N–H and O–H groups in total. The van der Waals surface area contributed by atoms with Crippen molar-refractivity contribution in [2.24, 2.45) is 5.92 Å². The van der Waals surface area contributed by atoms with Gasteiger partial charge in [0.25, 0.3) is 0 Å². The Hall–Kier alpha value is -0.100. The first-order chi connectivity index (χ1) is 8.34. The molecule has 1 aromatic carbocycles. The fourth-order valence-electron chi connectivity index (χ4n) is 1.90. The van der Waals surface area contributed by atoms with Crippen LogP contribution in [0.5, 0.6) is 0 Å². The molecule has 0 saturated heterocycles. The third kappa shape index (κ3) is 2.74. The number of benzene rings is 1. The lowest BCUT2D eigenvalue weighted by Gasteiger charge is -2.24. The number of hydrogen-bond donors (Lipinski definition) is 0. The lowest BCUT2D eigenvalue weighted by molar-refractivity contribution is 0.357. The predicted molar refractivity (Wildman–Crippen MR) is 76.3 cm³/mol. The van der Waals surface area contributed by atoms with Crippen molar-refractivity contribution in [3.05, 3.63) is 27.7 Å². The number of sulfonamides is 1. The molecule has 3 nitrogen and oxygen atoms in total. The smallest absolute Gasteiger partial charge is 0.207 e. The van der Waals surface area contributed by atoms with Crippen LogP contribution in [0, 0.1) is 5.92 Å². The van der Waals surface area contributed by atoms with Gasteiger partial charge in [0.15, 0.2) is 0 Å². The van der Waals surface area contributed by atoms with E-state index in [1.54, 1.807) is 25.2 Å². The van der Waals surface area contributed by atoms with E-state index in [0.29, 0.717) is 15.4 Å².